The van der Waals surface area contributed by atoms with Crippen LogP contribution in [0.5, 0.6) is 5.75 Å². The summed E-state index contributed by atoms with van der Waals surface area (Å²) in [5, 5.41) is 4.73. The maximum absolute atomic E-state index is 13.9. The second-order valence-electron chi connectivity index (χ2n) is 9.92. The first-order valence-corrected chi connectivity index (χ1v) is 12.8. The molecule has 0 saturated carbocycles. The molecule has 0 N–H and O–H groups in total. The molecule has 1 amide bonds. The van der Waals surface area contributed by atoms with Crippen molar-refractivity contribution in [1.82, 2.24) is 19.7 Å². The van der Waals surface area contributed by atoms with Crippen LogP contribution in [0.25, 0.3) is 22.3 Å². The lowest BCUT2D eigenvalue weighted by atomic mass is 10.1. The van der Waals surface area contributed by atoms with Gasteiger partial charge in [-0.05, 0) is 75.1 Å². The van der Waals surface area contributed by atoms with Crippen molar-refractivity contribution in [3.8, 4) is 17.1 Å². The molecule has 0 radical (unpaired) electrons. The van der Waals surface area contributed by atoms with Gasteiger partial charge in [0.15, 0.2) is 23.5 Å². The number of hydrogen-bond acceptors (Lipinski definition) is 6. The summed E-state index contributed by atoms with van der Waals surface area (Å²) in [7, 11) is 0. The third-order valence-corrected chi connectivity index (χ3v) is 7.15. The lowest BCUT2D eigenvalue weighted by Gasteiger charge is -2.29. The summed E-state index contributed by atoms with van der Waals surface area (Å²) >= 11 is 0. The Morgan fingerprint density at radius 3 is 2.67 bits per heavy atom. The number of halogens is 3. The summed E-state index contributed by atoms with van der Waals surface area (Å²) < 4.78 is 52.7. The monoisotopic (exact) mass is 537 g/mol. The maximum atomic E-state index is 13.9. The van der Waals surface area contributed by atoms with E-state index in [1.54, 1.807) is 15.8 Å². The predicted octanol–water partition coefficient (Wildman–Crippen LogP) is 5.95. The summed E-state index contributed by atoms with van der Waals surface area (Å²) in [6, 6.07) is 8.66. The molecule has 4 aromatic rings. The first-order valence-electron chi connectivity index (χ1n) is 12.8. The van der Waals surface area contributed by atoms with Crippen LogP contribution in [0.3, 0.4) is 0 Å². The van der Waals surface area contributed by atoms with Crippen LogP contribution in [-0.2, 0) is 10.9 Å². The minimum Gasteiger partial charge on any atom is -0.487 e. The summed E-state index contributed by atoms with van der Waals surface area (Å²) in [6.07, 6.45) is 0.967. The number of carbonyl (C=O) groups excluding carboxylic acids is 1. The third-order valence-electron chi connectivity index (χ3n) is 7.15. The van der Waals surface area contributed by atoms with Crippen molar-refractivity contribution in [1.29, 1.82) is 0 Å². The molecule has 2 atom stereocenters. The van der Waals surface area contributed by atoms with Gasteiger partial charge in [-0.2, -0.15) is 18.3 Å². The van der Waals surface area contributed by atoms with Crippen molar-refractivity contribution in [2.75, 3.05) is 18.1 Å². The number of benzene rings is 2. The Hall–Kier alpha value is -3.99. The quantitative estimate of drug-likeness (QED) is 0.321. The first-order chi connectivity index (χ1) is 18.7. The van der Waals surface area contributed by atoms with E-state index in [1.807, 2.05) is 32.0 Å². The molecule has 2 aliphatic rings. The second kappa shape index (κ2) is 9.64. The molecule has 11 heteroatoms. The zero-order valence-corrected chi connectivity index (χ0v) is 21.4. The van der Waals surface area contributed by atoms with Gasteiger partial charge in [0.1, 0.15) is 6.61 Å². The number of aromatic nitrogens is 4. The fraction of sp³-hybridized carbons (Fsp3) is 0.357. The van der Waals surface area contributed by atoms with E-state index in [9.17, 15) is 18.0 Å². The lowest BCUT2D eigenvalue weighted by Crippen LogP contribution is -2.41. The Labute approximate surface area is 222 Å². The highest BCUT2D eigenvalue weighted by Gasteiger charge is 2.36. The summed E-state index contributed by atoms with van der Waals surface area (Å²) in [6.45, 7) is 4.73. The van der Waals surface area contributed by atoms with Crippen molar-refractivity contribution < 1.29 is 27.4 Å². The number of ether oxygens (including phenoxy) is 2. The van der Waals surface area contributed by atoms with Gasteiger partial charge in [0.2, 0.25) is 0 Å². The standard InChI is InChI=1S/C28H26F3N5O3/c1-16-11-18(26-32-13-19-12-20(28(29,30)31)7-8-21(19)34-26)6-9-22(16)35-17(2)15-39-23-14-33-36(25(23)27(35)37)24-5-3-4-10-38-24/h6-9,11-14,17,24H,3-5,10,15H2,1-2H3. The SMILES string of the molecule is Cc1cc(-c2ncc3cc(C(F)(F)F)ccc3n2)ccc1N1C(=O)c2c(cnn2C2CCCCO2)OCC1C. The molecular weight excluding hydrogens is 511 g/mol. The molecule has 0 bridgehead atoms. The Morgan fingerprint density at radius 1 is 1.08 bits per heavy atom. The number of hydrogen-bond donors (Lipinski definition) is 0. The highest BCUT2D eigenvalue weighted by atomic mass is 19.4. The van der Waals surface area contributed by atoms with Crippen LogP contribution in [0.2, 0.25) is 0 Å². The van der Waals surface area contributed by atoms with Gasteiger partial charge in [0.05, 0.1) is 23.3 Å². The number of carbonyl (C=O) groups is 1. The normalized spacial score (nSPS) is 20.0. The molecule has 2 unspecified atom stereocenters. The van der Waals surface area contributed by atoms with Crippen LogP contribution in [-0.4, -0.2) is 44.9 Å². The summed E-state index contributed by atoms with van der Waals surface area (Å²) in [5.74, 6) is 0.598. The topological polar surface area (TPSA) is 82.4 Å². The molecule has 2 aliphatic heterocycles. The molecule has 0 aliphatic carbocycles. The van der Waals surface area contributed by atoms with Gasteiger partial charge >= 0.3 is 6.18 Å². The smallest absolute Gasteiger partial charge is 0.416 e. The van der Waals surface area contributed by atoms with E-state index in [4.69, 9.17) is 9.47 Å². The van der Waals surface area contributed by atoms with Crippen molar-refractivity contribution in [2.45, 2.75) is 51.6 Å². The van der Waals surface area contributed by atoms with Crippen LogP contribution in [0.1, 0.15) is 54.0 Å². The van der Waals surface area contributed by atoms with E-state index in [-0.39, 0.29) is 18.2 Å². The van der Waals surface area contributed by atoms with Gasteiger partial charge < -0.3 is 14.4 Å². The Morgan fingerprint density at radius 2 is 1.92 bits per heavy atom. The van der Waals surface area contributed by atoms with Crippen LogP contribution >= 0.6 is 0 Å². The molecular formula is C28H26F3N5O3. The van der Waals surface area contributed by atoms with Crippen LogP contribution < -0.4 is 9.64 Å². The Bertz CT molecular complexity index is 1560. The zero-order valence-electron chi connectivity index (χ0n) is 21.4. The lowest BCUT2D eigenvalue weighted by molar-refractivity contribution is -0.137. The van der Waals surface area contributed by atoms with Crippen molar-refractivity contribution in [2.24, 2.45) is 0 Å². The highest BCUT2D eigenvalue weighted by Crippen LogP contribution is 2.36. The van der Waals surface area contributed by atoms with Gasteiger partial charge in [-0.15, -0.1) is 0 Å². The van der Waals surface area contributed by atoms with Crippen LogP contribution in [0, 0.1) is 6.92 Å². The van der Waals surface area contributed by atoms with Crippen molar-refractivity contribution >= 4 is 22.5 Å². The summed E-state index contributed by atoms with van der Waals surface area (Å²) in [5.41, 5.74) is 2.24. The van der Waals surface area contributed by atoms with Gasteiger partial charge in [0, 0.05) is 29.4 Å². The molecule has 1 saturated heterocycles. The average Bonchev–Trinajstić information content (AvgIpc) is 3.31. The molecule has 6 rings (SSSR count). The number of alkyl halides is 3. The van der Waals surface area contributed by atoms with Crippen LogP contribution in [0.15, 0.2) is 48.8 Å². The first kappa shape index (κ1) is 25.3. The van der Waals surface area contributed by atoms with Crippen LogP contribution in [0.4, 0.5) is 18.9 Å². The largest absolute Gasteiger partial charge is 0.487 e. The molecule has 39 heavy (non-hydrogen) atoms. The highest BCUT2D eigenvalue weighted by molar-refractivity contribution is 6.08. The molecule has 2 aromatic carbocycles. The number of aryl methyl sites for hydroxylation is 1. The predicted molar refractivity (Wildman–Crippen MR) is 138 cm³/mol. The number of amides is 1. The van der Waals surface area contributed by atoms with E-state index in [2.05, 4.69) is 15.1 Å². The van der Waals surface area contributed by atoms with E-state index in [0.717, 1.165) is 37.0 Å². The number of rotatable bonds is 3. The molecule has 8 nitrogen and oxygen atoms in total. The van der Waals surface area contributed by atoms with E-state index in [1.165, 1.54) is 12.3 Å². The van der Waals surface area contributed by atoms with Crippen molar-refractivity contribution in [3.63, 3.8) is 0 Å². The van der Waals surface area contributed by atoms with Gasteiger partial charge in [-0.3, -0.25) is 4.79 Å². The van der Waals surface area contributed by atoms with Gasteiger partial charge in [0.25, 0.3) is 5.91 Å². The van der Waals surface area contributed by atoms with E-state index < -0.39 is 11.7 Å². The molecule has 0 spiro atoms. The molecule has 202 valence electrons. The van der Waals surface area contributed by atoms with Gasteiger partial charge in [-0.1, -0.05) is 0 Å². The van der Waals surface area contributed by atoms with Crippen molar-refractivity contribution in [3.05, 3.63) is 65.6 Å². The molecule has 1 fully saturated rings. The summed E-state index contributed by atoms with van der Waals surface area (Å²) in [4.78, 5) is 24.5. The number of nitrogens with zero attached hydrogens (tertiary/aromatic N) is 5. The van der Waals surface area contributed by atoms with E-state index >= 15 is 0 Å². The number of fused-ring (bicyclic) bond motifs is 2. The second-order valence-corrected chi connectivity index (χ2v) is 9.92. The fourth-order valence-corrected chi connectivity index (χ4v) is 5.15. The third kappa shape index (κ3) is 4.60. The molecule has 4 heterocycles. The zero-order chi connectivity index (χ0) is 27.3. The maximum Gasteiger partial charge on any atom is 0.416 e. The average molecular weight is 538 g/mol. The Kier molecular flexibility index (Phi) is 6.25. The minimum absolute atomic E-state index is 0.222. The van der Waals surface area contributed by atoms with Gasteiger partial charge in [-0.25, -0.2) is 14.6 Å². The van der Waals surface area contributed by atoms with E-state index in [0.29, 0.717) is 52.6 Å². The minimum atomic E-state index is -4.44. The molecule has 2 aromatic heterocycles. The fourth-order valence-electron chi connectivity index (χ4n) is 5.15. The Balaban J connectivity index is 1.33. The number of anilines is 1.